The summed E-state index contributed by atoms with van der Waals surface area (Å²) < 4.78 is 0. The van der Waals surface area contributed by atoms with E-state index in [2.05, 4.69) is 11.1 Å². The maximum atomic E-state index is 9.45. The molecular weight excluding hydrogens is 329 g/mol. The molecule has 23 heavy (non-hydrogen) atoms. The van der Waals surface area contributed by atoms with Crippen molar-refractivity contribution < 1.29 is 0 Å². The van der Waals surface area contributed by atoms with E-state index in [0.29, 0.717) is 26.9 Å². The Balaban J connectivity index is 2.32. The van der Waals surface area contributed by atoms with Crippen LogP contribution >= 0.6 is 23.2 Å². The normalized spacial score (nSPS) is 10.3. The van der Waals surface area contributed by atoms with Crippen LogP contribution in [0.15, 0.2) is 54.6 Å². The van der Waals surface area contributed by atoms with Crippen LogP contribution in [0.5, 0.6) is 0 Å². The molecule has 2 N–H and O–H groups in total. The van der Waals surface area contributed by atoms with Gasteiger partial charge in [-0.2, -0.15) is 5.26 Å². The summed E-state index contributed by atoms with van der Waals surface area (Å²) >= 11 is 12.6. The van der Waals surface area contributed by atoms with Gasteiger partial charge in [0.1, 0.15) is 17.5 Å². The van der Waals surface area contributed by atoms with Crippen molar-refractivity contribution in [3.8, 4) is 28.5 Å². The lowest BCUT2D eigenvalue weighted by Crippen LogP contribution is -2.00. The Morgan fingerprint density at radius 3 is 2.22 bits per heavy atom. The first-order chi connectivity index (χ1) is 11.1. The van der Waals surface area contributed by atoms with Gasteiger partial charge in [0.05, 0.1) is 5.69 Å². The van der Waals surface area contributed by atoms with Crippen LogP contribution < -0.4 is 5.73 Å². The zero-order chi connectivity index (χ0) is 16.4. The van der Waals surface area contributed by atoms with Crippen molar-refractivity contribution in [3.05, 3.63) is 70.2 Å². The minimum atomic E-state index is 0.153. The van der Waals surface area contributed by atoms with Crippen LogP contribution in [-0.2, 0) is 0 Å². The summed E-state index contributed by atoms with van der Waals surface area (Å²) in [5, 5.41) is 10.4. The van der Waals surface area contributed by atoms with Crippen LogP contribution in [-0.4, -0.2) is 4.98 Å². The lowest BCUT2D eigenvalue weighted by atomic mass is 9.98. The number of hydrogen-bond donors (Lipinski definition) is 1. The Kier molecular flexibility index (Phi) is 4.20. The molecule has 0 saturated heterocycles. The Bertz CT molecular complexity index is 895. The molecule has 0 spiro atoms. The second kappa shape index (κ2) is 6.29. The lowest BCUT2D eigenvalue weighted by molar-refractivity contribution is 1.31. The number of benzene rings is 2. The number of hydrogen-bond acceptors (Lipinski definition) is 3. The van der Waals surface area contributed by atoms with E-state index in [1.165, 1.54) is 0 Å². The molecule has 3 nitrogen and oxygen atoms in total. The summed E-state index contributed by atoms with van der Waals surface area (Å²) in [4.78, 5) is 4.33. The number of aromatic nitrogens is 1. The van der Waals surface area contributed by atoms with Crippen molar-refractivity contribution in [1.29, 1.82) is 5.26 Å². The van der Waals surface area contributed by atoms with E-state index < -0.39 is 0 Å². The molecule has 3 rings (SSSR count). The fourth-order valence-electron chi connectivity index (χ4n) is 2.39. The summed E-state index contributed by atoms with van der Waals surface area (Å²) in [7, 11) is 0. The van der Waals surface area contributed by atoms with Gasteiger partial charge in [-0.15, -0.1) is 0 Å². The highest BCUT2D eigenvalue weighted by Crippen LogP contribution is 2.39. The minimum absolute atomic E-state index is 0.153. The van der Waals surface area contributed by atoms with Gasteiger partial charge >= 0.3 is 0 Å². The predicted octanol–water partition coefficient (Wildman–Crippen LogP) is 5.18. The van der Waals surface area contributed by atoms with Crippen molar-refractivity contribution in [2.45, 2.75) is 0 Å². The molecule has 0 saturated carbocycles. The van der Waals surface area contributed by atoms with Crippen LogP contribution in [0.1, 0.15) is 5.56 Å². The van der Waals surface area contributed by atoms with Gasteiger partial charge in [-0.05, 0) is 18.2 Å². The first kappa shape index (κ1) is 15.4. The second-order valence-electron chi connectivity index (χ2n) is 4.89. The number of nitrogen functional groups attached to an aromatic ring is 1. The molecule has 0 atom stereocenters. The molecule has 1 heterocycles. The number of anilines is 1. The molecule has 1 aromatic heterocycles. The Morgan fingerprint density at radius 2 is 1.61 bits per heavy atom. The van der Waals surface area contributed by atoms with Crippen LogP contribution in [0.25, 0.3) is 22.4 Å². The maximum Gasteiger partial charge on any atom is 0.142 e. The topological polar surface area (TPSA) is 62.7 Å². The van der Waals surface area contributed by atoms with Crippen LogP contribution in [0.4, 0.5) is 5.82 Å². The average molecular weight is 340 g/mol. The molecule has 5 heteroatoms. The maximum absolute atomic E-state index is 9.45. The van der Waals surface area contributed by atoms with E-state index in [0.717, 1.165) is 5.56 Å². The number of nitrogens with zero attached hydrogens (tertiary/aromatic N) is 2. The quantitative estimate of drug-likeness (QED) is 0.699. The van der Waals surface area contributed by atoms with Crippen LogP contribution in [0.2, 0.25) is 10.0 Å². The molecular formula is C18H11Cl2N3. The van der Waals surface area contributed by atoms with Gasteiger partial charge in [-0.25, -0.2) is 4.98 Å². The highest BCUT2D eigenvalue weighted by Gasteiger charge is 2.17. The molecule has 0 amide bonds. The zero-order valence-corrected chi connectivity index (χ0v) is 13.4. The minimum Gasteiger partial charge on any atom is -0.383 e. The molecule has 0 bridgehead atoms. The smallest absolute Gasteiger partial charge is 0.142 e. The van der Waals surface area contributed by atoms with E-state index >= 15 is 0 Å². The number of nitriles is 1. The molecule has 0 fully saturated rings. The number of halogens is 2. The Morgan fingerprint density at radius 1 is 0.957 bits per heavy atom. The van der Waals surface area contributed by atoms with E-state index in [1.807, 2.05) is 30.3 Å². The number of rotatable bonds is 2. The summed E-state index contributed by atoms with van der Waals surface area (Å²) in [5.41, 5.74) is 8.97. The molecule has 0 unspecified atom stereocenters. The van der Waals surface area contributed by atoms with Crippen molar-refractivity contribution >= 4 is 29.0 Å². The van der Waals surface area contributed by atoms with Gasteiger partial charge in [0, 0.05) is 26.7 Å². The van der Waals surface area contributed by atoms with E-state index in [9.17, 15) is 5.26 Å². The monoisotopic (exact) mass is 339 g/mol. The van der Waals surface area contributed by atoms with Crippen LogP contribution in [0.3, 0.4) is 0 Å². The average Bonchev–Trinajstić information content (AvgIpc) is 2.55. The fraction of sp³-hybridized carbons (Fsp3) is 0. The van der Waals surface area contributed by atoms with Gasteiger partial charge < -0.3 is 5.73 Å². The molecule has 0 aliphatic heterocycles. The van der Waals surface area contributed by atoms with Crippen molar-refractivity contribution in [3.63, 3.8) is 0 Å². The van der Waals surface area contributed by atoms with Crippen molar-refractivity contribution in [2.75, 3.05) is 5.73 Å². The zero-order valence-electron chi connectivity index (χ0n) is 11.9. The molecule has 3 aromatic rings. The van der Waals surface area contributed by atoms with Gasteiger partial charge in [0.2, 0.25) is 0 Å². The standard InChI is InChI=1S/C18H11Cl2N3/c19-14-7-4-8-15(20)17(14)12-9-16(11-5-2-1-3-6-11)23-18(22)13(12)10-21/h1-9H,(H2,22,23). The summed E-state index contributed by atoms with van der Waals surface area (Å²) in [6, 6.07) is 18.7. The van der Waals surface area contributed by atoms with E-state index in [4.69, 9.17) is 28.9 Å². The Hall–Kier alpha value is -2.54. The molecule has 112 valence electrons. The predicted molar refractivity (Wildman–Crippen MR) is 94.3 cm³/mol. The van der Waals surface area contributed by atoms with Gasteiger partial charge in [0.25, 0.3) is 0 Å². The third-order valence-corrected chi connectivity index (χ3v) is 4.09. The Labute approximate surface area is 143 Å². The SMILES string of the molecule is N#Cc1c(-c2c(Cl)cccc2Cl)cc(-c2ccccc2)nc1N. The molecule has 0 aliphatic carbocycles. The first-order valence-corrected chi connectivity index (χ1v) is 7.58. The fourth-order valence-corrected chi connectivity index (χ4v) is 2.99. The third-order valence-electron chi connectivity index (χ3n) is 3.46. The molecule has 0 aliphatic rings. The summed E-state index contributed by atoms with van der Waals surface area (Å²) in [6.07, 6.45) is 0. The van der Waals surface area contributed by atoms with Crippen molar-refractivity contribution in [1.82, 2.24) is 4.98 Å². The highest BCUT2D eigenvalue weighted by atomic mass is 35.5. The van der Waals surface area contributed by atoms with E-state index in [-0.39, 0.29) is 11.4 Å². The van der Waals surface area contributed by atoms with E-state index in [1.54, 1.807) is 24.3 Å². The summed E-state index contributed by atoms with van der Waals surface area (Å²) in [5.74, 6) is 0.153. The summed E-state index contributed by atoms with van der Waals surface area (Å²) in [6.45, 7) is 0. The van der Waals surface area contributed by atoms with Gasteiger partial charge in [0.15, 0.2) is 0 Å². The third kappa shape index (κ3) is 2.87. The largest absolute Gasteiger partial charge is 0.383 e. The van der Waals surface area contributed by atoms with Gasteiger partial charge in [-0.1, -0.05) is 59.6 Å². The lowest BCUT2D eigenvalue weighted by Gasteiger charge is -2.12. The molecule has 0 radical (unpaired) electrons. The molecule has 2 aromatic carbocycles. The van der Waals surface area contributed by atoms with Gasteiger partial charge in [-0.3, -0.25) is 0 Å². The number of pyridine rings is 1. The second-order valence-corrected chi connectivity index (χ2v) is 5.70. The highest BCUT2D eigenvalue weighted by molar-refractivity contribution is 6.39. The number of nitrogens with two attached hydrogens (primary N) is 1. The van der Waals surface area contributed by atoms with Crippen LogP contribution in [0, 0.1) is 11.3 Å². The first-order valence-electron chi connectivity index (χ1n) is 6.82. The van der Waals surface area contributed by atoms with Crippen molar-refractivity contribution in [2.24, 2.45) is 0 Å².